The fraction of sp³-hybridized carbons (Fsp3) is 0.487. The molecular weight excluding hydrogens is 694 g/mol. The summed E-state index contributed by atoms with van der Waals surface area (Å²) in [5.41, 5.74) is 10.8. The summed E-state index contributed by atoms with van der Waals surface area (Å²) in [5.74, 6) is 0.0373. The zero-order valence-corrected chi connectivity index (χ0v) is 31.1. The van der Waals surface area contributed by atoms with Gasteiger partial charge in [0.15, 0.2) is 5.82 Å². The van der Waals surface area contributed by atoms with Gasteiger partial charge in [-0.25, -0.2) is 9.97 Å². The van der Waals surface area contributed by atoms with E-state index in [0.717, 1.165) is 33.4 Å². The number of nitrogens with two attached hydrogens (primary N) is 1. The number of carboxylic acid groups (broad SMARTS) is 1. The lowest BCUT2D eigenvalue weighted by atomic mass is 10.1. The number of rotatable bonds is 26. The first-order chi connectivity index (χ1) is 26.2. The van der Waals surface area contributed by atoms with Gasteiger partial charge >= 0.3 is 5.97 Å². The number of anilines is 1. The van der Waals surface area contributed by atoms with Crippen LogP contribution in [0.15, 0.2) is 48.5 Å². The summed E-state index contributed by atoms with van der Waals surface area (Å²) in [6, 6.07) is 16.0. The van der Waals surface area contributed by atoms with Crippen LogP contribution in [0.5, 0.6) is 0 Å². The van der Waals surface area contributed by atoms with Crippen molar-refractivity contribution in [2.45, 2.75) is 71.4 Å². The number of carbonyl (C=O) groups excluding carboxylic acids is 3. The van der Waals surface area contributed by atoms with Crippen molar-refractivity contribution < 1.29 is 38.5 Å². The molecule has 0 radical (unpaired) electrons. The number of aromatic nitrogens is 3. The summed E-state index contributed by atoms with van der Waals surface area (Å²) in [7, 11) is 0. The fourth-order valence-corrected chi connectivity index (χ4v) is 5.73. The van der Waals surface area contributed by atoms with E-state index >= 15 is 0 Å². The van der Waals surface area contributed by atoms with Crippen molar-refractivity contribution in [3.8, 4) is 0 Å². The van der Waals surface area contributed by atoms with Crippen LogP contribution in [0.3, 0.4) is 0 Å². The van der Waals surface area contributed by atoms with E-state index in [1.165, 1.54) is 0 Å². The van der Waals surface area contributed by atoms with Gasteiger partial charge < -0.3 is 45.6 Å². The third-order valence-corrected chi connectivity index (χ3v) is 8.58. The number of benzene rings is 2. The molecule has 6 N–H and O–H groups in total. The molecule has 0 saturated carbocycles. The standard InChI is InChI=1S/C39H53N7O8/c1-28-44-37-38(31-8-2-3-9-32(31)45-39(37)40)46(28)27-30-16-14-29(15-17-30)26-43-35(49)11-4-10-33(47)41-18-6-20-52-22-24-54-25-23-53-21-7-19-42-34(48)12-5-13-36(50)51/h2-3,8-9,14-17H,4-7,10-13,18-27H2,1H3,(H2,40,45)(H,41,47)(H,42,48)(H,43,49)(H,50,51). The van der Waals surface area contributed by atoms with Gasteiger partial charge in [0.1, 0.15) is 11.3 Å². The summed E-state index contributed by atoms with van der Waals surface area (Å²) in [6.07, 6.45) is 2.89. The van der Waals surface area contributed by atoms with E-state index in [9.17, 15) is 19.2 Å². The number of fused-ring (bicyclic) bond motifs is 3. The molecular formula is C39H53N7O8. The lowest BCUT2D eigenvalue weighted by Crippen LogP contribution is -2.26. The first-order valence-corrected chi connectivity index (χ1v) is 18.5. The molecule has 0 spiro atoms. The fourth-order valence-electron chi connectivity index (χ4n) is 5.73. The van der Waals surface area contributed by atoms with E-state index in [1.54, 1.807) is 0 Å². The van der Waals surface area contributed by atoms with Crippen LogP contribution in [0.2, 0.25) is 0 Å². The van der Waals surface area contributed by atoms with E-state index in [4.69, 9.17) is 30.0 Å². The van der Waals surface area contributed by atoms with Gasteiger partial charge in [-0.3, -0.25) is 19.2 Å². The molecule has 2 heterocycles. The van der Waals surface area contributed by atoms with Gasteiger partial charge in [0.2, 0.25) is 17.7 Å². The van der Waals surface area contributed by atoms with Crippen molar-refractivity contribution in [1.82, 2.24) is 30.5 Å². The van der Waals surface area contributed by atoms with Gasteiger partial charge in [-0.1, -0.05) is 42.5 Å². The minimum atomic E-state index is -0.901. The Balaban J connectivity index is 0.967. The number of hydrogen-bond acceptors (Lipinski definition) is 10. The molecule has 2 aromatic carbocycles. The largest absolute Gasteiger partial charge is 0.481 e. The second-order valence-corrected chi connectivity index (χ2v) is 12.9. The van der Waals surface area contributed by atoms with Crippen LogP contribution in [0, 0.1) is 6.92 Å². The number of imidazole rings is 1. The number of amides is 3. The molecule has 4 aromatic rings. The predicted molar refractivity (Wildman–Crippen MR) is 205 cm³/mol. The van der Waals surface area contributed by atoms with E-state index in [2.05, 4.69) is 25.5 Å². The van der Waals surface area contributed by atoms with Crippen molar-refractivity contribution >= 4 is 51.4 Å². The smallest absolute Gasteiger partial charge is 0.303 e. The highest BCUT2D eigenvalue weighted by Gasteiger charge is 2.15. The van der Waals surface area contributed by atoms with Crippen molar-refractivity contribution in [3.05, 3.63) is 65.5 Å². The first-order valence-electron chi connectivity index (χ1n) is 18.5. The molecule has 3 amide bonds. The Hall–Kier alpha value is -5.12. The number of aliphatic carboxylic acids is 1. The number of aryl methyl sites for hydroxylation is 1. The average Bonchev–Trinajstić information content (AvgIpc) is 3.48. The van der Waals surface area contributed by atoms with Crippen molar-refractivity contribution in [1.29, 1.82) is 0 Å². The summed E-state index contributed by atoms with van der Waals surface area (Å²) in [4.78, 5) is 55.8. The minimum Gasteiger partial charge on any atom is -0.481 e. The Morgan fingerprint density at radius 1 is 0.685 bits per heavy atom. The van der Waals surface area contributed by atoms with Crippen LogP contribution in [-0.2, 0) is 46.5 Å². The molecule has 15 nitrogen and oxygen atoms in total. The van der Waals surface area contributed by atoms with E-state index in [-0.39, 0.29) is 43.4 Å². The summed E-state index contributed by atoms with van der Waals surface area (Å²) < 4.78 is 18.6. The van der Waals surface area contributed by atoms with E-state index in [0.29, 0.717) is 103 Å². The SMILES string of the molecule is Cc1nc2c(N)nc3ccccc3c2n1Cc1ccc(CNC(=O)CCCC(=O)NCCCOCCOCCOCCCNC(=O)CCCC(=O)O)cc1. The van der Waals surface area contributed by atoms with Gasteiger partial charge in [0.25, 0.3) is 0 Å². The molecule has 0 fully saturated rings. The zero-order valence-electron chi connectivity index (χ0n) is 31.1. The van der Waals surface area contributed by atoms with Gasteiger partial charge in [-0.15, -0.1) is 0 Å². The van der Waals surface area contributed by atoms with Gasteiger partial charge in [0, 0.05) is 70.5 Å². The lowest BCUT2D eigenvalue weighted by Gasteiger charge is -2.11. The Morgan fingerprint density at radius 3 is 1.83 bits per heavy atom. The molecule has 0 atom stereocenters. The van der Waals surface area contributed by atoms with Crippen LogP contribution < -0.4 is 21.7 Å². The monoisotopic (exact) mass is 747 g/mol. The minimum absolute atomic E-state index is 0.00761. The van der Waals surface area contributed by atoms with Crippen molar-refractivity contribution in [2.75, 3.05) is 58.5 Å². The van der Waals surface area contributed by atoms with Crippen LogP contribution >= 0.6 is 0 Å². The Kier molecular flexibility index (Phi) is 17.6. The maximum absolute atomic E-state index is 12.4. The number of ether oxygens (including phenoxy) is 3. The molecule has 2 aromatic heterocycles. The van der Waals surface area contributed by atoms with Crippen LogP contribution in [0.1, 0.15) is 68.3 Å². The number of nitrogen functional groups attached to an aromatic ring is 1. The molecule has 0 saturated heterocycles. The molecule has 0 aliphatic rings. The molecule has 15 heteroatoms. The Labute approximate surface area is 315 Å². The van der Waals surface area contributed by atoms with Crippen molar-refractivity contribution in [3.63, 3.8) is 0 Å². The normalized spacial score (nSPS) is 11.2. The maximum Gasteiger partial charge on any atom is 0.303 e. The maximum atomic E-state index is 12.4. The third-order valence-electron chi connectivity index (χ3n) is 8.58. The van der Waals surface area contributed by atoms with Crippen LogP contribution in [0.25, 0.3) is 21.9 Å². The van der Waals surface area contributed by atoms with Gasteiger partial charge in [-0.2, -0.15) is 0 Å². The van der Waals surface area contributed by atoms with Gasteiger partial charge in [-0.05, 0) is 49.8 Å². The number of para-hydroxylation sites is 1. The number of carboxylic acids is 1. The third kappa shape index (κ3) is 14.4. The first kappa shape index (κ1) is 41.6. The topological polar surface area (TPSA) is 209 Å². The molecule has 0 aliphatic carbocycles. The summed E-state index contributed by atoms with van der Waals surface area (Å²) in [6.45, 7) is 6.72. The van der Waals surface area contributed by atoms with E-state index < -0.39 is 5.97 Å². The lowest BCUT2D eigenvalue weighted by molar-refractivity contribution is -0.137. The molecule has 54 heavy (non-hydrogen) atoms. The predicted octanol–water partition coefficient (Wildman–Crippen LogP) is 3.63. The molecule has 292 valence electrons. The van der Waals surface area contributed by atoms with Crippen LogP contribution in [-0.4, -0.2) is 96.1 Å². The quantitative estimate of drug-likeness (QED) is 0.0586. The highest BCUT2D eigenvalue weighted by molar-refractivity contribution is 6.06. The van der Waals surface area contributed by atoms with Crippen LogP contribution in [0.4, 0.5) is 5.82 Å². The number of nitrogens with zero attached hydrogens (tertiary/aromatic N) is 3. The van der Waals surface area contributed by atoms with Gasteiger partial charge in [0.05, 0.1) is 37.5 Å². The second kappa shape index (κ2) is 22.8. The molecule has 4 rings (SSSR count). The molecule has 0 aliphatic heterocycles. The summed E-state index contributed by atoms with van der Waals surface area (Å²) >= 11 is 0. The Bertz CT molecular complexity index is 1810. The highest BCUT2D eigenvalue weighted by Crippen LogP contribution is 2.29. The average molecular weight is 748 g/mol. The molecule has 0 bridgehead atoms. The van der Waals surface area contributed by atoms with Crippen molar-refractivity contribution in [2.24, 2.45) is 0 Å². The number of carbonyl (C=O) groups is 4. The zero-order chi connectivity index (χ0) is 38.5. The second-order valence-electron chi connectivity index (χ2n) is 12.9. The summed E-state index contributed by atoms with van der Waals surface area (Å²) in [5, 5.41) is 18.1. The Morgan fingerprint density at radius 2 is 1.22 bits per heavy atom. The highest BCUT2D eigenvalue weighted by atomic mass is 16.5. The van der Waals surface area contributed by atoms with E-state index in [1.807, 2.05) is 55.5 Å². The molecule has 0 unspecified atom stereocenters. The number of pyridine rings is 1. The number of hydrogen-bond donors (Lipinski definition) is 5. The number of nitrogens with one attached hydrogen (secondary N) is 3.